The molecule has 0 aliphatic heterocycles. The molecule has 21 heavy (non-hydrogen) atoms. The molecule has 0 bridgehead atoms. The van der Waals surface area contributed by atoms with Gasteiger partial charge in [-0.15, -0.1) is 13.2 Å². The molecule has 0 N–H and O–H groups in total. The van der Waals surface area contributed by atoms with Crippen molar-refractivity contribution >= 4 is 19.6 Å². The number of alkyl halides is 3. The maximum Gasteiger partial charge on any atom is 0.573 e. The van der Waals surface area contributed by atoms with E-state index in [2.05, 4.69) is 4.74 Å². The molecule has 0 unspecified atom stereocenters. The lowest BCUT2D eigenvalue weighted by atomic mass is 9.94. The number of rotatable bonds is 4. The van der Waals surface area contributed by atoms with Gasteiger partial charge in [0.25, 0.3) is 0 Å². The quantitative estimate of drug-likeness (QED) is 0.642. The predicted molar refractivity (Wildman–Crippen MR) is 73.2 cm³/mol. The van der Waals surface area contributed by atoms with E-state index in [4.69, 9.17) is 4.74 Å². The fourth-order valence-corrected chi connectivity index (χ4v) is 1.69. The van der Waals surface area contributed by atoms with Crippen molar-refractivity contribution in [2.75, 3.05) is 0 Å². The highest BCUT2D eigenvalue weighted by Crippen LogP contribution is 2.28. The van der Waals surface area contributed by atoms with Crippen molar-refractivity contribution in [2.24, 2.45) is 0 Å². The van der Waals surface area contributed by atoms with Gasteiger partial charge in [-0.3, -0.25) is 4.79 Å². The molecule has 0 heterocycles. The van der Waals surface area contributed by atoms with Gasteiger partial charge in [0, 0.05) is 0 Å². The minimum absolute atomic E-state index is 0.302. The Hall–Kier alpha value is -2.44. The highest BCUT2D eigenvalue weighted by Gasteiger charge is 2.30. The lowest BCUT2D eigenvalue weighted by Gasteiger charge is -2.11. The average molecular weight is 294 g/mol. The first kappa shape index (κ1) is 15.0. The predicted octanol–water partition coefficient (Wildman–Crippen LogP) is 2.45. The molecule has 108 valence electrons. The van der Waals surface area contributed by atoms with Gasteiger partial charge in [0.1, 0.15) is 25.1 Å². The SMILES string of the molecule is Bc1ccc(Oc2ccc(OC(F)(F)F)cc2)c(C=O)c1. The van der Waals surface area contributed by atoms with Crippen molar-refractivity contribution in [2.45, 2.75) is 6.36 Å². The second kappa shape index (κ2) is 5.91. The van der Waals surface area contributed by atoms with Crippen LogP contribution < -0.4 is 14.9 Å². The standard InChI is InChI=1S/C14H10BF3O3/c15-10-1-6-13(9(7-10)8-19)20-11-2-4-12(5-3-11)21-14(16,17)18/h1-8H,15H2. The van der Waals surface area contributed by atoms with Gasteiger partial charge in [0.15, 0.2) is 6.29 Å². The van der Waals surface area contributed by atoms with Crippen LogP contribution in [0.5, 0.6) is 17.2 Å². The second-order valence-corrected chi connectivity index (χ2v) is 4.28. The number of benzene rings is 2. The van der Waals surface area contributed by atoms with Crippen LogP contribution in [0.2, 0.25) is 0 Å². The molecule has 0 saturated heterocycles. The summed E-state index contributed by atoms with van der Waals surface area (Å²) in [7, 11) is 1.83. The fourth-order valence-electron chi connectivity index (χ4n) is 1.69. The van der Waals surface area contributed by atoms with E-state index in [0.29, 0.717) is 23.3 Å². The van der Waals surface area contributed by atoms with Crippen molar-refractivity contribution in [3.63, 3.8) is 0 Å². The number of aldehydes is 1. The van der Waals surface area contributed by atoms with Gasteiger partial charge in [-0.2, -0.15) is 0 Å². The van der Waals surface area contributed by atoms with Gasteiger partial charge in [-0.05, 0) is 30.3 Å². The minimum Gasteiger partial charge on any atom is -0.457 e. The number of hydrogen-bond donors (Lipinski definition) is 0. The maximum atomic E-state index is 12.0. The fraction of sp³-hybridized carbons (Fsp3) is 0.0714. The first-order chi connectivity index (χ1) is 9.87. The van der Waals surface area contributed by atoms with Crippen LogP contribution >= 0.6 is 0 Å². The number of hydrogen-bond acceptors (Lipinski definition) is 3. The molecule has 0 radical (unpaired) electrons. The van der Waals surface area contributed by atoms with E-state index >= 15 is 0 Å². The molecule has 0 fully saturated rings. The number of halogens is 3. The van der Waals surface area contributed by atoms with Gasteiger partial charge in [0.05, 0.1) is 5.56 Å². The Morgan fingerprint density at radius 3 is 2.19 bits per heavy atom. The van der Waals surface area contributed by atoms with Crippen LogP contribution in [0, 0.1) is 0 Å². The van der Waals surface area contributed by atoms with Gasteiger partial charge >= 0.3 is 6.36 Å². The first-order valence-corrected chi connectivity index (χ1v) is 5.97. The topological polar surface area (TPSA) is 35.5 Å². The number of carbonyl (C=O) groups excluding carboxylic acids is 1. The van der Waals surface area contributed by atoms with E-state index in [1.807, 2.05) is 7.85 Å². The average Bonchev–Trinajstić information content (AvgIpc) is 2.41. The zero-order valence-corrected chi connectivity index (χ0v) is 11.0. The third kappa shape index (κ3) is 4.27. The van der Waals surface area contributed by atoms with Gasteiger partial charge in [0.2, 0.25) is 0 Å². The minimum atomic E-state index is -4.73. The molecule has 0 spiro atoms. The Labute approximate surface area is 119 Å². The normalized spacial score (nSPS) is 11.0. The summed E-state index contributed by atoms with van der Waals surface area (Å²) in [6, 6.07) is 9.98. The van der Waals surface area contributed by atoms with Gasteiger partial charge in [-0.1, -0.05) is 17.6 Å². The first-order valence-electron chi connectivity index (χ1n) is 5.97. The van der Waals surface area contributed by atoms with Crippen molar-refractivity contribution in [3.05, 3.63) is 48.0 Å². The van der Waals surface area contributed by atoms with Crippen LogP contribution in [0.4, 0.5) is 13.2 Å². The van der Waals surface area contributed by atoms with Crippen LogP contribution in [0.25, 0.3) is 0 Å². The Morgan fingerprint density at radius 1 is 1.00 bits per heavy atom. The highest BCUT2D eigenvalue weighted by atomic mass is 19.4. The molecule has 0 atom stereocenters. The Kier molecular flexibility index (Phi) is 4.21. The van der Waals surface area contributed by atoms with E-state index in [1.165, 1.54) is 12.1 Å². The molecule has 0 aliphatic rings. The monoisotopic (exact) mass is 294 g/mol. The summed E-state index contributed by atoms with van der Waals surface area (Å²) >= 11 is 0. The van der Waals surface area contributed by atoms with Crippen molar-refractivity contribution in [1.82, 2.24) is 0 Å². The maximum absolute atomic E-state index is 12.0. The van der Waals surface area contributed by atoms with Crippen LogP contribution in [0.15, 0.2) is 42.5 Å². The molecular formula is C14H10BF3O3. The molecule has 0 aliphatic carbocycles. The summed E-state index contributed by atoms with van der Waals surface area (Å²) in [4.78, 5) is 11.0. The summed E-state index contributed by atoms with van der Waals surface area (Å²) in [5, 5.41) is 0. The van der Waals surface area contributed by atoms with Crippen molar-refractivity contribution in [3.8, 4) is 17.2 Å². The van der Waals surface area contributed by atoms with E-state index < -0.39 is 6.36 Å². The molecule has 2 rings (SSSR count). The zero-order valence-electron chi connectivity index (χ0n) is 11.0. The zero-order chi connectivity index (χ0) is 15.5. The molecule has 0 amide bonds. The molecule has 3 nitrogen and oxygen atoms in total. The number of carbonyl (C=O) groups is 1. The summed E-state index contributed by atoms with van der Waals surface area (Å²) in [5.74, 6) is 0.297. The third-order valence-corrected chi connectivity index (χ3v) is 2.58. The lowest BCUT2D eigenvalue weighted by molar-refractivity contribution is -0.274. The van der Waals surface area contributed by atoms with Crippen molar-refractivity contribution < 1.29 is 27.4 Å². The smallest absolute Gasteiger partial charge is 0.457 e. The van der Waals surface area contributed by atoms with E-state index in [-0.39, 0.29) is 5.75 Å². The molecule has 0 aromatic heterocycles. The Bertz CT molecular complexity index is 639. The van der Waals surface area contributed by atoms with E-state index in [0.717, 1.165) is 17.6 Å². The van der Waals surface area contributed by atoms with E-state index in [9.17, 15) is 18.0 Å². The van der Waals surface area contributed by atoms with Gasteiger partial charge in [-0.25, -0.2) is 0 Å². The molecule has 2 aromatic rings. The van der Waals surface area contributed by atoms with Crippen molar-refractivity contribution in [1.29, 1.82) is 0 Å². The third-order valence-electron chi connectivity index (χ3n) is 2.58. The molecule has 0 saturated carbocycles. The Morgan fingerprint density at radius 2 is 1.62 bits per heavy atom. The molecule has 2 aromatic carbocycles. The van der Waals surface area contributed by atoms with E-state index in [1.54, 1.807) is 18.2 Å². The molecular weight excluding hydrogens is 284 g/mol. The second-order valence-electron chi connectivity index (χ2n) is 4.28. The Balaban J connectivity index is 2.15. The van der Waals surface area contributed by atoms with Crippen LogP contribution in [-0.2, 0) is 0 Å². The summed E-state index contributed by atoms with van der Waals surface area (Å²) in [6.45, 7) is 0. The van der Waals surface area contributed by atoms with Crippen LogP contribution in [0.3, 0.4) is 0 Å². The van der Waals surface area contributed by atoms with Gasteiger partial charge < -0.3 is 9.47 Å². The van der Waals surface area contributed by atoms with Crippen LogP contribution in [-0.4, -0.2) is 20.5 Å². The number of ether oxygens (including phenoxy) is 2. The lowest BCUT2D eigenvalue weighted by Crippen LogP contribution is -2.16. The summed E-state index contributed by atoms with van der Waals surface area (Å²) in [6.07, 6.45) is -4.08. The summed E-state index contributed by atoms with van der Waals surface area (Å²) in [5.41, 5.74) is 1.27. The summed E-state index contributed by atoms with van der Waals surface area (Å²) < 4.78 is 45.3. The molecule has 7 heteroatoms. The van der Waals surface area contributed by atoms with Crippen LogP contribution in [0.1, 0.15) is 10.4 Å². The highest BCUT2D eigenvalue weighted by molar-refractivity contribution is 6.32. The largest absolute Gasteiger partial charge is 0.573 e.